The van der Waals surface area contributed by atoms with Crippen LogP contribution in [0.4, 0.5) is 0 Å². The van der Waals surface area contributed by atoms with Crippen molar-refractivity contribution in [1.29, 1.82) is 0 Å². The summed E-state index contributed by atoms with van der Waals surface area (Å²) < 4.78 is 8.28. The van der Waals surface area contributed by atoms with E-state index in [-0.39, 0.29) is 11.1 Å². The Morgan fingerprint density at radius 1 is 1.00 bits per heavy atom. The number of aryl methyl sites for hydroxylation is 1. The molecule has 37 heavy (non-hydrogen) atoms. The van der Waals surface area contributed by atoms with Crippen molar-refractivity contribution in [1.82, 2.24) is 9.88 Å². The van der Waals surface area contributed by atoms with Gasteiger partial charge in [0.25, 0.3) is 11.5 Å². The molecule has 1 fully saturated rings. The normalized spacial score (nSPS) is 17.4. The molecular formula is C30H50N3O4+. The molecule has 7 nitrogen and oxygen atoms in total. The summed E-state index contributed by atoms with van der Waals surface area (Å²) in [6.07, 6.45) is 14.0. The van der Waals surface area contributed by atoms with Crippen LogP contribution >= 0.6 is 0 Å². The number of esters is 1. The molecule has 0 atom stereocenters. The van der Waals surface area contributed by atoms with Crippen LogP contribution in [0.1, 0.15) is 106 Å². The summed E-state index contributed by atoms with van der Waals surface area (Å²) >= 11 is 0. The van der Waals surface area contributed by atoms with E-state index >= 15 is 0 Å². The summed E-state index contributed by atoms with van der Waals surface area (Å²) in [6, 6.07) is 1.81. The minimum Gasteiger partial charge on any atom is -0.464 e. The van der Waals surface area contributed by atoms with Crippen LogP contribution < -0.4 is 10.9 Å². The third kappa shape index (κ3) is 8.69. The van der Waals surface area contributed by atoms with Crippen LogP contribution in [0.3, 0.4) is 0 Å². The lowest BCUT2D eigenvalue weighted by atomic mass is 9.88. The number of nitrogens with zero attached hydrogens (tertiary/aromatic N) is 2. The summed E-state index contributed by atoms with van der Waals surface area (Å²) in [4.78, 5) is 39.9. The number of amides is 1. The van der Waals surface area contributed by atoms with Crippen molar-refractivity contribution in [3.05, 3.63) is 33.2 Å². The van der Waals surface area contributed by atoms with E-state index in [1.54, 1.807) is 13.8 Å². The number of hydrogen-bond donors (Lipinski definition) is 1. The number of carbonyl (C=O) groups is 2. The third-order valence-electron chi connectivity index (χ3n) is 7.90. The highest BCUT2D eigenvalue weighted by atomic mass is 16.5. The van der Waals surface area contributed by atoms with Gasteiger partial charge in [0.05, 0.1) is 34.3 Å². The highest BCUT2D eigenvalue weighted by Gasteiger charge is 2.33. The molecule has 2 aliphatic carbocycles. The molecule has 0 aromatic carbocycles. The summed E-state index contributed by atoms with van der Waals surface area (Å²) in [5, 5.41) is 2.81. The van der Waals surface area contributed by atoms with Gasteiger partial charge in [-0.2, -0.15) is 0 Å². The maximum atomic E-state index is 13.7. The first-order chi connectivity index (χ1) is 17.5. The van der Waals surface area contributed by atoms with E-state index in [9.17, 15) is 14.4 Å². The fraction of sp³-hybridized carbons (Fsp3) is 0.767. The fourth-order valence-electron chi connectivity index (χ4n) is 5.65. The van der Waals surface area contributed by atoms with Crippen molar-refractivity contribution in [3.8, 4) is 0 Å². The number of carbonyl (C=O) groups excluding carboxylic acids is 2. The van der Waals surface area contributed by atoms with E-state index in [1.165, 1.54) is 32.1 Å². The van der Waals surface area contributed by atoms with Crippen LogP contribution in [-0.4, -0.2) is 60.8 Å². The number of fused-ring (bicyclic) bond motifs is 1. The molecule has 208 valence electrons. The van der Waals surface area contributed by atoms with Crippen LogP contribution in [0, 0.1) is 5.92 Å². The number of aromatic nitrogens is 1. The highest BCUT2D eigenvalue weighted by molar-refractivity contribution is 5.97. The Morgan fingerprint density at radius 2 is 1.65 bits per heavy atom. The van der Waals surface area contributed by atoms with Gasteiger partial charge >= 0.3 is 5.97 Å². The molecule has 1 heterocycles. The molecule has 1 saturated carbocycles. The Balaban J connectivity index is 1.75. The van der Waals surface area contributed by atoms with Crippen LogP contribution in [0.25, 0.3) is 0 Å². The fourth-order valence-corrected chi connectivity index (χ4v) is 5.65. The van der Waals surface area contributed by atoms with Crippen molar-refractivity contribution < 1.29 is 18.8 Å². The number of quaternary nitrogens is 1. The van der Waals surface area contributed by atoms with Crippen LogP contribution in [0.5, 0.6) is 0 Å². The van der Waals surface area contributed by atoms with Crippen molar-refractivity contribution >= 4 is 11.9 Å². The lowest BCUT2D eigenvalue weighted by molar-refractivity contribution is -0.870. The van der Waals surface area contributed by atoms with E-state index in [0.29, 0.717) is 19.1 Å². The number of rotatable bonds is 10. The number of ether oxygens (including phenoxy) is 1. The molecular weight excluding hydrogens is 466 g/mol. The Morgan fingerprint density at radius 3 is 2.32 bits per heavy atom. The molecule has 0 spiro atoms. The second kappa shape index (κ2) is 13.1. The van der Waals surface area contributed by atoms with Crippen LogP contribution in [0.15, 0.2) is 10.9 Å². The minimum absolute atomic E-state index is 0.152. The predicted molar refractivity (Wildman–Crippen MR) is 148 cm³/mol. The van der Waals surface area contributed by atoms with Crippen LogP contribution in [0.2, 0.25) is 0 Å². The second-order valence-corrected chi connectivity index (χ2v) is 12.8. The Labute approximate surface area is 223 Å². The molecule has 1 aromatic heterocycles. The number of hydrogen-bond acceptors (Lipinski definition) is 4. The quantitative estimate of drug-likeness (QED) is 0.280. The van der Waals surface area contributed by atoms with Gasteiger partial charge in [0.2, 0.25) is 0 Å². The summed E-state index contributed by atoms with van der Waals surface area (Å²) in [5.41, 5.74) is 0.963. The average Bonchev–Trinajstić information content (AvgIpc) is 2.81. The van der Waals surface area contributed by atoms with Gasteiger partial charge in [-0.3, -0.25) is 9.59 Å². The second-order valence-electron chi connectivity index (χ2n) is 12.8. The molecule has 1 aromatic rings. The number of unbranched alkanes of at least 4 members (excludes halogenated alkanes) is 1. The van der Waals surface area contributed by atoms with Gasteiger partial charge in [0.1, 0.15) is 11.1 Å². The maximum absolute atomic E-state index is 13.7. The maximum Gasteiger partial charge on any atom is 0.331 e. The molecule has 0 bridgehead atoms. The average molecular weight is 517 g/mol. The third-order valence-corrected chi connectivity index (χ3v) is 7.90. The standard InChI is InChI=1S/C30H49N3O4/c1-30(2,29(36)37-20-14-13-19-33(3,4)5)31-27(34)25-21-24-17-11-6-7-12-18-26(24)32(28(25)35)22-23-15-9-8-10-16-23/h21,23H,6-20,22H2,1-5H3/p+1. The van der Waals surface area contributed by atoms with Gasteiger partial charge in [-0.1, -0.05) is 32.1 Å². The number of nitrogens with one attached hydrogen (secondary N) is 1. The minimum atomic E-state index is -1.22. The van der Waals surface area contributed by atoms with Gasteiger partial charge in [0, 0.05) is 12.2 Å². The van der Waals surface area contributed by atoms with Crippen molar-refractivity contribution in [2.75, 3.05) is 34.3 Å². The molecule has 3 rings (SSSR count). The molecule has 0 saturated heterocycles. The van der Waals surface area contributed by atoms with Gasteiger partial charge in [-0.05, 0) is 82.8 Å². The predicted octanol–water partition coefficient (Wildman–Crippen LogP) is 4.63. The molecule has 0 radical (unpaired) electrons. The van der Waals surface area contributed by atoms with Gasteiger partial charge in [0.15, 0.2) is 0 Å². The molecule has 0 unspecified atom stereocenters. The summed E-state index contributed by atoms with van der Waals surface area (Å²) in [5.74, 6) is -0.470. The van der Waals surface area contributed by atoms with Crippen molar-refractivity contribution in [2.45, 2.75) is 109 Å². The van der Waals surface area contributed by atoms with Crippen molar-refractivity contribution in [2.24, 2.45) is 5.92 Å². The molecule has 2 aliphatic rings. The van der Waals surface area contributed by atoms with Gasteiger partial charge in [-0.15, -0.1) is 0 Å². The zero-order valence-electron chi connectivity index (χ0n) is 24.0. The lowest BCUT2D eigenvalue weighted by Crippen LogP contribution is -2.52. The van der Waals surface area contributed by atoms with Crippen molar-refractivity contribution in [3.63, 3.8) is 0 Å². The topological polar surface area (TPSA) is 77.4 Å². The number of pyridine rings is 1. The Kier molecular flexibility index (Phi) is 10.4. The molecule has 1 amide bonds. The molecule has 7 heteroatoms. The van der Waals surface area contributed by atoms with E-state index in [4.69, 9.17) is 4.74 Å². The highest BCUT2D eigenvalue weighted by Crippen LogP contribution is 2.27. The van der Waals surface area contributed by atoms with E-state index < -0.39 is 17.4 Å². The summed E-state index contributed by atoms with van der Waals surface area (Å²) in [7, 11) is 6.41. The SMILES string of the molecule is CC(C)(NC(=O)c1cc2c(n(CC3CCCCC3)c1=O)CCCCCC2)C(=O)OCCCC[N+](C)(C)C. The summed E-state index contributed by atoms with van der Waals surface area (Å²) in [6.45, 7) is 5.32. The molecule has 0 aliphatic heterocycles. The first-order valence-electron chi connectivity index (χ1n) is 14.5. The van der Waals surface area contributed by atoms with Crippen LogP contribution in [-0.2, 0) is 28.9 Å². The first-order valence-corrected chi connectivity index (χ1v) is 14.5. The Bertz CT molecular complexity index is 984. The first kappa shape index (κ1) is 29.4. The van der Waals surface area contributed by atoms with E-state index in [1.807, 2.05) is 10.6 Å². The molecule has 1 N–H and O–H groups in total. The van der Waals surface area contributed by atoms with E-state index in [0.717, 1.165) is 73.7 Å². The van der Waals surface area contributed by atoms with E-state index in [2.05, 4.69) is 26.5 Å². The van der Waals surface area contributed by atoms with Gasteiger partial charge in [-0.25, -0.2) is 4.79 Å². The zero-order chi connectivity index (χ0) is 27.1. The van der Waals surface area contributed by atoms with Gasteiger partial charge < -0.3 is 19.1 Å². The largest absolute Gasteiger partial charge is 0.464 e. The Hall–Kier alpha value is -2.15. The monoisotopic (exact) mass is 516 g/mol. The lowest BCUT2D eigenvalue weighted by Gasteiger charge is -2.28. The zero-order valence-corrected chi connectivity index (χ0v) is 24.0. The smallest absolute Gasteiger partial charge is 0.331 e.